The number of nitrogens with one attached hydrogen (secondary N) is 2. The maximum absolute atomic E-state index is 12.6. The van der Waals surface area contributed by atoms with Gasteiger partial charge in [-0.3, -0.25) is 4.99 Å². The normalized spacial score (nSPS) is 14.6. The Bertz CT molecular complexity index is 895. The van der Waals surface area contributed by atoms with E-state index >= 15 is 0 Å². The van der Waals surface area contributed by atoms with Crippen LogP contribution >= 0.6 is 0 Å². The SMILES string of the molecule is CN=C(NCc1ccnc(N2CCCC2)c1)NCc1ccc(C)cc1OCC(F)(F)F. The summed E-state index contributed by atoms with van der Waals surface area (Å²) in [7, 11) is 1.65. The molecule has 9 heteroatoms. The molecule has 0 radical (unpaired) electrons. The minimum Gasteiger partial charge on any atom is -0.484 e. The molecule has 0 bridgehead atoms. The number of guanidine groups is 1. The Balaban J connectivity index is 1.57. The Morgan fingerprint density at radius 3 is 2.58 bits per heavy atom. The first-order valence-electron chi connectivity index (χ1n) is 10.3. The molecule has 0 unspecified atom stereocenters. The van der Waals surface area contributed by atoms with E-state index in [-0.39, 0.29) is 12.3 Å². The van der Waals surface area contributed by atoms with Gasteiger partial charge in [0.2, 0.25) is 0 Å². The van der Waals surface area contributed by atoms with Crippen molar-refractivity contribution in [2.45, 2.75) is 39.0 Å². The van der Waals surface area contributed by atoms with Crippen LogP contribution < -0.4 is 20.3 Å². The quantitative estimate of drug-likeness (QED) is 0.512. The number of hydrogen-bond donors (Lipinski definition) is 2. The van der Waals surface area contributed by atoms with Gasteiger partial charge in [-0.05, 0) is 49.1 Å². The first kappa shape index (κ1) is 22.7. The number of pyridine rings is 1. The summed E-state index contributed by atoms with van der Waals surface area (Å²) in [6.45, 7) is 3.38. The van der Waals surface area contributed by atoms with Gasteiger partial charge in [-0.2, -0.15) is 13.2 Å². The summed E-state index contributed by atoms with van der Waals surface area (Å²) in [4.78, 5) is 10.9. The van der Waals surface area contributed by atoms with E-state index in [2.05, 4.69) is 31.6 Å². The monoisotopic (exact) mass is 435 g/mol. The molecule has 2 N–H and O–H groups in total. The second kappa shape index (κ2) is 10.4. The average molecular weight is 435 g/mol. The fourth-order valence-electron chi connectivity index (χ4n) is 3.38. The van der Waals surface area contributed by atoms with Crippen LogP contribution in [0, 0.1) is 6.92 Å². The van der Waals surface area contributed by atoms with Crippen LogP contribution in [-0.2, 0) is 13.1 Å². The zero-order chi connectivity index (χ0) is 22.3. The lowest BCUT2D eigenvalue weighted by atomic mass is 10.1. The lowest BCUT2D eigenvalue weighted by molar-refractivity contribution is -0.153. The molecule has 1 aromatic carbocycles. The van der Waals surface area contributed by atoms with Gasteiger partial charge in [-0.1, -0.05) is 12.1 Å². The molecule has 1 fully saturated rings. The standard InChI is InChI=1S/C22H28F3N5O/c1-16-5-6-18(19(11-16)31-15-22(23,24)25)14-29-21(26-2)28-13-17-7-8-27-20(12-17)30-9-3-4-10-30/h5-8,11-12H,3-4,9-10,13-15H2,1-2H3,(H2,26,28,29). The third kappa shape index (κ3) is 7.04. The topological polar surface area (TPSA) is 61.8 Å². The predicted molar refractivity (Wildman–Crippen MR) is 115 cm³/mol. The number of nitrogens with zero attached hydrogens (tertiary/aromatic N) is 3. The molecule has 1 saturated heterocycles. The molecule has 0 spiro atoms. The number of hydrogen-bond acceptors (Lipinski definition) is 4. The number of ether oxygens (including phenoxy) is 1. The smallest absolute Gasteiger partial charge is 0.422 e. The lowest BCUT2D eigenvalue weighted by Crippen LogP contribution is -2.36. The van der Waals surface area contributed by atoms with Crippen LogP contribution in [0.1, 0.15) is 29.5 Å². The lowest BCUT2D eigenvalue weighted by Gasteiger charge is -2.18. The molecule has 6 nitrogen and oxygen atoms in total. The summed E-state index contributed by atoms with van der Waals surface area (Å²) in [6.07, 6.45) is -0.204. The van der Waals surface area contributed by atoms with Gasteiger partial charge < -0.3 is 20.3 Å². The average Bonchev–Trinajstić information content (AvgIpc) is 3.28. The van der Waals surface area contributed by atoms with Crippen LogP contribution in [0.4, 0.5) is 19.0 Å². The van der Waals surface area contributed by atoms with Crippen LogP contribution in [0.2, 0.25) is 0 Å². The van der Waals surface area contributed by atoms with Crippen molar-refractivity contribution in [1.29, 1.82) is 0 Å². The molecule has 3 rings (SSSR count). The van der Waals surface area contributed by atoms with Gasteiger partial charge in [-0.25, -0.2) is 4.98 Å². The van der Waals surface area contributed by atoms with E-state index in [1.165, 1.54) is 12.8 Å². The Labute approximate surface area is 180 Å². The summed E-state index contributed by atoms with van der Waals surface area (Å²) < 4.78 is 42.7. The van der Waals surface area contributed by atoms with Crippen LogP contribution in [0.3, 0.4) is 0 Å². The van der Waals surface area contributed by atoms with Crippen molar-refractivity contribution in [3.05, 3.63) is 53.2 Å². The molecule has 168 valence electrons. The highest BCUT2D eigenvalue weighted by Gasteiger charge is 2.28. The highest BCUT2D eigenvalue weighted by Crippen LogP contribution is 2.24. The molecular formula is C22H28F3N5O. The van der Waals surface area contributed by atoms with Crippen molar-refractivity contribution in [3.63, 3.8) is 0 Å². The second-order valence-electron chi connectivity index (χ2n) is 7.51. The van der Waals surface area contributed by atoms with E-state index in [4.69, 9.17) is 4.74 Å². The molecule has 1 aliphatic heterocycles. The summed E-state index contributed by atoms with van der Waals surface area (Å²) in [5.74, 6) is 1.73. The minimum atomic E-state index is -4.38. The molecule has 31 heavy (non-hydrogen) atoms. The van der Waals surface area contributed by atoms with Gasteiger partial charge in [0.1, 0.15) is 11.6 Å². The van der Waals surface area contributed by atoms with Gasteiger partial charge in [0.05, 0.1) is 0 Å². The number of anilines is 1. The summed E-state index contributed by atoms with van der Waals surface area (Å²) >= 11 is 0. The number of aryl methyl sites for hydroxylation is 1. The Kier molecular flexibility index (Phi) is 7.59. The zero-order valence-electron chi connectivity index (χ0n) is 17.8. The van der Waals surface area contributed by atoms with Crippen LogP contribution in [0.15, 0.2) is 41.5 Å². The van der Waals surface area contributed by atoms with Crippen LogP contribution in [0.5, 0.6) is 5.75 Å². The van der Waals surface area contributed by atoms with E-state index in [1.807, 2.05) is 19.1 Å². The first-order valence-corrected chi connectivity index (χ1v) is 10.3. The minimum absolute atomic E-state index is 0.213. The number of rotatable bonds is 7. The molecule has 0 amide bonds. The molecule has 2 aromatic rings. The fraction of sp³-hybridized carbons (Fsp3) is 0.455. The Morgan fingerprint density at radius 1 is 1.13 bits per heavy atom. The highest BCUT2D eigenvalue weighted by molar-refractivity contribution is 5.79. The Morgan fingerprint density at radius 2 is 1.87 bits per heavy atom. The van der Waals surface area contributed by atoms with E-state index < -0.39 is 12.8 Å². The summed E-state index contributed by atoms with van der Waals surface area (Å²) in [5.41, 5.74) is 2.53. The number of alkyl halides is 3. The summed E-state index contributed by atoms with van der Waals surface area (Å²) in [5, 5.41) is 6.37. The van der Waals surface area contributed by atoms with Crippen molar-refractivity contribution in [3.8, 4) is 5.75 Å². The highest BCUT2D eigenvalue weighted by atomic mass is 19.4. The van der Waals surface area contributed by atoms with Crippen molar-refractivity contribution in [2.75, 3.05) is 31.6 Å². The maximum Gasteiger partial charge on any atom is 0.422 e. The molecule has 1 aromatic heterocycles. The van der Waals surface area contributed by atoms with E-state index in [0.717, 1.165) is 30.0 Å². The molecule has 2 heterocycles. The van der Waals surface area contributed by atoms with Gasteiger partial charge in [0, 0.05) is 45.0 Å². The number of benzene rings is 1. The third-order valence-electron chi connectivity index (χ3n) is 4.98. The van der Waals surface area contributed by atoms with Crippen LogP contribution in [-0.4, -0.2) is 43.9 Å². The van der Waals surface area contributed by atoms with Crippen molar-refractivity contribution in [2.24, 2.45) is 4.99 Å². The second-order valence-corrected chi connectivity index (χ2v) is 7.51. The number of halogens is 3. The number of aliphatic imine (C=N–C) groups is 1. The third-order valence-corrected chi connectivity index (χ3v) is 4.98. The number of aromatic nitrogens is 1. The first-order chi connectivity index (χ1) is 14.8. The largest absolute Gasteiger partial charge is 0.484 e. The van der Waals surface area contributed by atoms with E-state index in [0.29, 0.717) is 18.1 Å². The molecule has 1 aliphatic rings. The van der Waals surface area contributed by atoms with Crippen LogP contribution in [0.25, 0.3) is 0 Å². The van der Waals surface area contributed by atoms with E-state index in [9.17, 15) is 13.2 Å². The summed E-state index contributed by atoms with van der Waals surface area (Å²) in [6, 6.07) is 9.21. The van der Waals surface area contributed by atoms with E-state index in [1.54, 1.807) is 25.4 Å². The van der Waals surface area contributed by atoms with Crippen molar-refractivity contribution < 1.29 is 17.9 Å². The van der Waals surface area contributed by atoms with Crippen molar-refractivity contribution >= 4 is 11.8 Å². The molecule has 0 aliphatic carbocycles. The molecule has 0 saturated carbocycles. The Hall–Kier alpha value is -2.97. The van der Waals surface area contributed by atoms with Crippen molar-refractivity contribution in [1.82, 2.24) is 15.6 Å². The maximum atomic E-state index is 12.6. The van der Waals surface area contributed by atoms with Gasteiger partial charge >= 0.3 is 6.18 Å². The molecule has 0 atom stereocenters. The van der Waals surface area contributed by atoms with Gasteiger partial charge in [-0.15, -0.1) is 0 Å². The molecular weight excluding hydrogens is 407 g/mol. The zero-order valence-corrected chi connectivity index (χ0v) is 17.8. The fourth-order valence-corrected chi connectivity index (χ4v) is 3.38. The van der Waals surface area contributed by atoms with Gasteiger partial charge in [0.15, 0.2) is 12.6 Å². The predicted octanol–water partition coefficient (Wildman–Crippen LogP) is 3.80. The van der Waals surface area contributed by atoms with Gasteiger partial charge in [0.25, 0.3) is 0 Å².